The van der Waals surface area contributed by atoms with E-state index in [1.54, 1.807) is 12.3 Å². The Balaban J connectivity index is 2.58. The minimum atomic E-state index is 0.0755. The Hall–Kier alpha value is 0.01000. The number of hydrogen-bond donors (Lipinski definition) is 1. The SMILES string of the molecule is CC(C)C(Cl)CNc1ncc(Br)cc1Cl. The largest absolute Gasteiger partial charge is 0.367 e. The molecule has 0 saturated heterocycles. The van der Waals surface area contributed by atoms with Crippen molar-refractivity contribution in [2.75, 3.05) is 11.9 Å². The molecule has 0 aliphatic rings. The van der Waals surface area contributed by atoms with Crippen LogP contribution in [-0.2, 0) is 0 Å². The second kappa shape index (κ2) is 5.92. The first-order valence-corrected chi connectivity index (χ1v) is 6.30. The topological polar surface area (TPSA) is 24.9 Å². The summed E-state index contributed by atoms with van der Waals surface area (Å²) in [4.78, 5) is 4.16. The van der Waals surface area contributed by atoms with Crippen LogP contribution in [0.3, 0.4) is 0 Å². The van der Waals surface area contributed by atoms with Crippen LogP contribution in [0, 0.1) is 5.92 Å². The summed E-state index contributed by atoms with van der Waals surface area (Å²) in [5, 5.41) is 3.80. The summed E-state index contributed by atoms with van der Waals surface area (Å²) in [6, 6.07) is 1.80. The molecule has 0 aliphatic carbocycles. The molecule has 0 amide bonds. The Kier molecular flexibility index (Phi) is 5.16. The maximum absolute atomic E-state index is 6.11. The van der Waals surface area contributed by atoms with Gasteiger partial charge in [-0.05, 0) is 27.9 Å². The normalized spacial score (nSPS) is 12.9. The lowest BCUT2D eigenvalue weighted by Gasteiger charge is -2.15. The van der Waals surface area contributed by atoms with Gasteiger partial charge in [0.25, 0.3) is 0 Å². The molecule has 0 aliphatic heterocycles. The quantitative estimate of drug-likeness (QED) is 0.844. The summed E-state index contributed by atoms with van der Waals surface area (Å²) in [5.74, 6) is 1.10. The number of anilines is 1. The molecule has 15 heavy (non-hydrogen) atoms. The summed E-state index contributed by atoms with van der Waals surface area (Å²) in [5.41, 5.74) is 0. The summed E-state index contributed by atoms with van der Waals surface area (Å²) in [6.45, 7) is 4.82. The summed E-state index contributed by atoms with van der Waals surface area (Å²) >= 11 is 15.4. The van der Waals surface area contributed by atoms with E-state index in [4.69, 9.17) is 23.2 Å². The predicted octanol–water partition coefficient (Wildman–Crippen LogP) is 4.17. The summed E-state index contributed by atoms with van der Waals surface area (Å²) < 4.78 is 0.865. The molecule has 1 atom stereocenters. The van der Waals surface area contributed by atoms with E-state index in [9.17, 15) is 0 Å². The molecule has 0 radical (unpaired) electrons. The molecule has 0 bridgehead atoms. The standard InChI is InChI=1S/C10H13BrCl2N2/c1-6(2)9(13)5-15-10-8(12)3-7(11)4-14-10/h3-4,6,9H,5H2,1-2H3,(H,14,15). The summed E-state index contributed by atoms with van der Waals surface area (Å²) in [7, 11) is 0. The lowest BCUT2D eigenvalue weighted by atomic mass is 10.1. The van der Waals surface area contributed by atoms with Gasteiger partial charge in [-0.3, -0.25) is 0 Å². The lowest BCUT2D eigenvalue weighted by Crippen LogP contribution is -2.20. The van der Waals surface area contributed by atoms with Gasteiger partial charge in [-0.2, -0.15) is 0 Å². The van der Waals surface area contributed by atoms with Crippen LogP contribution in [-0.4, -0.2) is 16.9 Å². The Bertz CT molecular complexity index is 331. The second-order valence-electron chi connectivity index (χ2n) is 3.62. The van der Waals surface area contributed by atoms with E-state index in [1.807, 2.05) is 0 Å². The molecule has 1 aromatic heterocycles. The van der Waals surface area contributed by atoms with Crippen molar-refractivity contribution >= 4 is 44.9 Å². The van der Waals surface area contributed by atoms with Crippen molar-refractivity contribution < 1.29 is 0 Å². The number of pyridine rings is 1. The van der Waals surface area contributed by atoms with Gasteiger partial charge in [-0.1, -0.05) is 25.4 Å². The van der Waals surface area contributed by atoms with Crippen LogP contribution in [0.15, 0.2) is 16.7 Å². The van der Waals surface area contributed by atoms with Gasteiger partial charge >= 0.3 is 0 Å². The zero-order valence-corrected chi connectivity index (χ0v) is 11.7. The van der Waals surface area contributed by atoms with Gasteiger partial charge in [0.15, 0.2) is 0 Å². The van der Waals surface area contributed by atoms with Gasteiger partial charge in [-0.15, -0.1) is 11.6 Å². The third kappa shape index (κ3) is 4.17. The molecule has 1 unspecified atom stereocenters. The fraction of sp³-hybridized carbons (Fsp3) is 0.500. The van der Waals surface area contributed by atoms with Crippen LogP contribution < -0.4 is 5.32 Å². The first-order chi connectivity index (χ1) is 7.00. The number of rotatable bonds is 4. The van der Waals surface area contributed by atoms with Crippen LogP contribution in [0.25, 0.3) is 0 Å². The molecule has 1 heterocycles. The van der Waals surface area contributed by atoms with E-state index in [-0.39, 0.29) is 5.38 Å². The maximum Gasteiger partial charge on any atom is 0.144 e. The van der Waals surface area contributed by atoms with Gasteiger partial charge < -0.3 is 5.32 Å². The van der Waals surface area contributed by atoms with Crippen LogP contribution in [0.1, 0.15) is 13.8 Å². The first-order valence-electron chi connectivity index (χ1n) is 4.69. The van der Waals surface area contributed by atoms with Crippen molar-refractivity contribution in [1.29, 1.82) is 0 Å². The molecular formula is C10H13BrCl2N2. The second-order valence-corrected chi connectivity index (χ2v) is 5.51. The zero-order valence-electron chi connectivity index (χ0n) is 8.60. The number of aromatic nitrogens is 1. The highest BCUT2D eigenvalue weighted by Gasteiger charge is 2.10. The number of nitrogens with one attached hydrogen (secondary N) is 1. The predicted molar refractivity (Wildman–Crippen MR) is 69.9 cm³/mol. The molecule has 0 fully saturated rings. The van der Waals surface area contributed by atoms with Crippen molar-refractivity contribution in [2.45, 2.75) is 19.2 Å². The Morgan fingerprint density at radius 3 is 2.73 bits per heavy atom. The van der Waals surface area contributed by atoms with E-state index >= 15 is 0 Å². The van der Waals surface area contributed by atoms with Crippen molar-refractivity contribution in [3.63, 3.8) is 0 Å². The molecule has 0 saturated carbocycles. The molecule has 2 nitrogen and oxygen atoms in total. The number of nitrogens with zero attached hydrogens (tertiary/aromatic N) is 1. The average molecular weight is 312 g/mol. The minimum absolute atomic E-state index is 0.0755. The van der Waals surface area contributed by atoms with Gasteiger partial charge in [0.1, 0.15) is 5.82 Å². The zero-order chi connectivity index (χ0) is 11.4. The van der Waals surface area contributed by atoms with Crippen LogP contribution in [0.4, 0.5) is 5.82 Å². The van der Waals surface area contributed by atoms with Crippen molar-refractivity contribution in [3.8, 4) is 0 Å². The Morgan fingerprint density at radius 2 is 2.20 bits per heavy atom. The molecule has 5 heteroatoms. The van der Waals surface area contributed by atoms with E-state index in [1.165, 1.54) is 0 Å². The van der Waals surface area contributed by atoms with Crippen LogP contribution in [0.2, 0.25) is 5.02 Å². The van der Waals surface area contributed by atoms with Crippen molar-refractivity contribution in [1.82, 2.24) is 4.98 Å². The smallest absolute Gasteiger partial charge is 0.144 e. The Morgan fingerprint density at radius 1 is 1.53 bits per heavy atom. The monoisotopic (exact) mass is 310 g/mol. The van der Waals surface area contributed by atoms with Crippen molar-refractivity contribution in [3.05, 3.63) is 21.8 Å². The molecule has 1 N–H and O–H groups in total. The third-order valence-corrected chi connectivity index (χ3v) is 3.38. The van der Waals surface area contributed by atoms with E-state index in [2.05, 4.69) is 40.1 Å². The highest BCUT2D eigenvalue weighted by Crippen LogP contribution is 2.23. The van der Waals surface area contributed by atoms with Gasteiger partial charge in [0, 0.05) is 17.2 Å². The average Bonchev–Trinajstić information content (AvgIpc) is 2.15. The van der Waals surface area contributed by atoms with E-state index in [0.29, 0.717) is 23.3 Å². The fourth-order valence-corrected chi connectivity index (χ4v) is 1.75. The third-order valence-electron chi connectivity index (χ3n) is 2.00. The fourth-order valence-electron chi connectivity index (χ4n) is 0.975. The highest BCUT2D eigenvalue weighted by molar-refractivity contribution is 9.10. The van der Waals surface area contributed by atoms with Crippen LogP contribution >= 0.6 is 39.1 Å². The molecule has 1 rings (SSSR count). The number of hydrogen-bond acceptors (Lipinski definition) is 2. The molecule has 0 spiro atoms. The lowest BCUT2D eigenvalue weighted by molar-refractivity contribution is 0.615. The van der Waals surface area contributed by atoms with Crippen LogP contribution in [0.5, 0.6) is 0 Å². The van der Waals surface area contributed by atoms with E-state index in [0.717, 1.165) is 4.47 Å². The molecule has 0 aromatic carbocycles. The van der Waals surface area contributed by atoms with Gasteiger partial charge in [-0.25, -0.2) is 4.98 Å². The molecule has 1 aromatic rings. The maximum atomic E-state index is 6.11. The van der Waals surface area contributed by atoms with Gasteiger partial charge in [0.2, 0.25) is 0 Å². The first kappa shape index (κ1) is 13.1. The van der Waals surface area contributed by atoms with Crippen molar-refractivity contribution in [2.24, 2.45) is 5.92 Å². The van der Waals surface area contributed by atoms with Gasteiger partial charge in [0.05, 0.1) is 10.4 Å². The number of alkyl halides is 1. The minimum Gasteiger partial charge on any atom is -0.367 e. The van der Waals surface area contributed by atoms with E-state index < -0.39 is 0 Å². The Labute approximate surface area is 108 Å². The number of halogens is 3. The molecular weight excluding hydrogens is 299 g/mol. The highest BCUT2D eigenvalue weighted by atomic mass is 79.9. The molecule has 84 valence electrons. The summed E-state index contributed by atoms with van der Waals surface area (Å²) in [6.07, 6.45) is 1.70.